The minimum Gasteiger partial charge on any atom is -0.506 e. The number of halogens is 5. The van der Waals surface area contributed by atoms with E-state index in [-0.39, 0.29) is 32.7 Å². The molecule has 0 bridgehead atoms. The van der Waals surface area contributed by atoms with Crippen molar-refractivity contribution < 1.29 is 32.9 Å². The number of benzene rings is 2. The van der Waals surface area contributed by atoms with Crippen LogP contribution in [0.2, 0.25) is 5.02 Å². The highest BCUT2D eigenvalue weighted by Gasteiger charge is 2.71. The number of H-pyrrole nitrogens is 1. The summed E-state index contributed by atoms with van der Waals surface area (Å²) in [5.41, 5.74) is -9.02. The molecule has 3 aromatic rings. The van der Waals surface area contributed by atoms with E-state index in [9.17, 15) is 37.7 Å². The number of aromatic hydroxyl groups is 1. The van der Waals surface area contributed by atoms with Gasteiger partial charge in [0.25, 0.3) is 0 Å². The number of hydrogen-bond acceptors (Lipinski definition) is 5. The van der Waals surface area contributed by atoms with Crippen LogP contribution in [0.25, 0.3) is 10.9 Å². The Labute approximate surface area is 195 Å². The molecule has 1 aromatic heterocycles. The van der Waals surface area contributed by atoms with Crippen LogP contribution in [0.4, 0.5) is 23.2 Å². The second-order valence-electron chi connectivity index (χ2n) is 9.16. The number of aromatic amines is 1. The van der Waals surface area contributed by atoms with Gasteiger partial charge in [0.1, 0.15) is 17.2 Å². The van der Waals surface area contributed by atoms with E-state index in [0.717, 1.165) is 24.3 Å². The van der Waals surface area contributed by atoms with Gasteiger partial charge in [-0.15, -0.1) is 0 Å². The summed E-state index contributed by atoms with van der Waals surface area (Å²) in [5.74, 6) is -1.25. The maximum atomic E-state index is 14.3. The second kappa shape index (κ2) is 7.59. The SMILES string of the molecule is CC1(C)CC(O)(C(F)(F)F)C(O)(CNc2ccc(F)c3[nH]c(=O)ccc23)c2ccc(Cl)c(O)c21. The molecule has 0 aliphatic heterocycles. The molecule has 1 heterocycles. The zero-order valence-electron chi connectivity index (χ0n) is 18.0. The summed E-state index contributed by atoms with van der Waals surface area (Å²) in [6, 6.07) is 6.91. The Kier molecular flexibility index (Phi) is 5.43. The van der Waals surface area contributed by atoms with Crippen LogP contribution in [0.5, 0.6) is 5.75 Å². The quantitative estimate of drug-likeness (QED) is 0.345. The van der Waals surface area contributed by atoms with Gasteiger partial charge < -0.3 is 25.6 Å². The van der Waals surface area contributed by atoms with Gasteiger partial charge in [-0.3, -0.25) is 4.79 Å². The number of rotatable bonds is 3. The van der Waals surface area contributed by atoms with Crippen molar-refractivity contribution >= 4 is 28.2 Å². The first kappa shape index (κ1) is 24.3. The molecule has 2 unspecified atom stereocenters. The molecule has 34 heavy (non-hydrogen) atoms. The first-order valence-corrected chi connectivity index (χ1v) is 10.6. The average molecular weight is 501 g/mol. The number of anilines is 1. The molecule has 11 heteroatoms. The van der Waals surface area contributed by atoms with Gasteiger partial charge in [0, 0.05) is 22.7 Å². The molecule has 0 saturated carbocycles. The van der Waals surface area contributed by atoms with E-state index in [0.29, 0.717) is 0 Å². The Morgan fingerprint density at radius 3 is 2.44 bits per heavy atom. The van der Waals surface area contributed by atoms with Crippen molar-refractivity contribution in [2.45, 2.75) is 43.1 Å². The number of fused-ring (bicyclic) bond motifs is 2. The van der Waals surface area contributed by atoms with Crippen LogP contribution in [0.3, 0.4) is 0 Å². The monoisotopic (exact) mass is 500 g/mol. The topological polar surface area (TPSA) is 106 Å². The summed E-state index contributed by atoms with van der Waals surface area (Å²) < 4.78 is 57.1. The van der Waals surface area contributed by atoms with Crippen molar-refractivity contribution in [3.05, 3.63) is 68.7 Å². The van der Waals surface area contributed by atoms with Gasteiger partial charge >= 0.3 is 6.18 Å². The maximum Gasteiger partial charge on any atom is 0.420 e. The van der Waals surface area contributed by atoms with E-state index in [4.69, 9.17) is 11.6 Å². The minimum absolute atomic E-state index is 0.0217. The number of phenolic OH excluding ortho intramolecular Hbond substituents is 1. The van der Waals surface area contributed by atoms with Crippen molar-refractivity contribution in [3.63, 3.8) is 0 Å². The van der Waals surface area contributed by atoms with Gasteiger partial charge in [-0.1, -0.05) is 31.5 Å². The first-order valence-electron chi connectivity index (χ1n) is 10.2. The predicted octanol–water partition coefficient (Wildman–Crippen LogP) is 4.30. The smallest absolute Gasteiger partial charge is 0.420 e. The van der Waals surface area contributed by atoms with Gasteiger partial charge in [0.05, 0.1) is 17.1 Å². The molecule has 6 nitrogen and oxygen atoms in total. The minimum atomic E-state index is -5.26. The number of aliphatic hydroxyl groups is 2. The van der Waals surface area contributed by atoms with E-state index < -0.39 is 52.9 Å². The van der Waals surface area contributed by atoms with Gasteiger partial charge in [0.15, 0.2) is 5.60 Å². The van der Waals surface area contributed by atoms with E-state index in [1.54, 1.807) is 0 Å². The maximum absolute atomic E-state index is 14.3. The Morgan fingerprint density at radius 1 is 1.12 bits per heavy atom. The molecule has 0 spiro atoms. The van der Waals surface area contributed by atoms with Gasteiger partial charge in [-0.25, -0.2) is 4.39 Å². The van der Waals surface area contributed by atoms with Crippen molar-refractivity contribution in [1.29, 1.82) is 0 Å². The molecule has 1 aliphatic rings. The van der Waals surface area contributed by atoms with Crippen LogP contribution in [0.1, 0.15) is 31.4 Å². The third-order valence-electron chi connectivity index (χ3n) is 6.48. The van der Waals surface area contributed by atoms with E-state index in [1.807, 2.05) is 0 Å². The Hall–Kier alpha value is -2.82. The number of pyridine rings is 1. The van der Waals surface area contributed by atoms with Crippen LogP contribution < -0.4 is 10.9 Å². The van der Waals surface area contributed by atoms with Crippen LogP contribution in [-0.4, -0.2) is 38.6 Å². The molecule has 0 fully saturated rings. The highest BCUT2D eigenvalue weighted by atomic mass is 35.5. The first-order chi connectivity index (χ1) is 15.6. The zero-order chi connectivity index (χ0) is 25.3. The number of alkyl halides is 3. The molecule has 1 aliphatic carbocycles. The van der Waals surface area contributed by atoms with Crippen LogP contribution >= 0.6 is 11.6 Å². The number of nitrogens with one attached hydrogen (secondary N) is 2. The zero-order valence-corrected chi connectivity index (χ0v) is 18.8. The summed E-state index contributed by atoms with van der Waals surface area (Å²) in [5, 5.41) is 35.8. The van der Waals surface area contributed by atoms with E-state index in [1.165, 1.54) is 26.0 Å². The van der Waals surface area contributed by atoms with Crippen molar-refractivity contribution in [3.8, 4) is 5.75 Å². The van der Waals surface area contributed by atoms with Gasteiger partial charge in [-0.2, -0.15) is 13.2 Å². The lowest BCUT2D eigenvalue weighted by Gasteiger charge is -2.53. The summed E-state index contributed by atoms with van der Waals surface area (Å²) in [6.45, 7) is 1.93. The van der Waals surface area contributed by atoms with Crippen molar-refractivity contribution in [2.75, 3.05) is 11.9 Å². The number of phenols is 1. The van der Waals surface area contributed by atoms with E-state index >= 15 is 0 Å². The van der Waals surface area contributed by atoms with Crippen LogP contribution in [0.15, 0.2) is 41.2 Å². The lowest BCUT2D eigenvalue weighted by atomic mass is 9.58. The molecule has 5 N–H and O–H groups in total. The number of hydrogen-bond donors (Lipinski definition) is 5. The third-order valence-corrected chi connectivity index (χ3v) is 6.79. The molecule has 182 valence electrons. The van der Waals surface area contributed by atoms with Crippen LogP contribution in [-0.2, 0) is 11.0 Å². The normalized spacial score (nSPS) is 24.1. The van der Waals surface area contributed by atoms with Crippen molar-refractivity contribution in [2.24, 2.45) is 0 Å². The summed E-state index contributed by atoms with van der Waals surface area (Å²) >= 11 is 6.00. The molecular formula is C23H21ClF4N2O4. The molecule has 0 saturated heterocycles. The predicted molar refractivity (Wildman–Crippen MR) is 119 cm³/mol. The molecule has 4 rings (SSSR count). The highest BCUT2D eigenvalue weighted by Crippen LogP contribution is 2.58. The second-order valence-corrected chi connectivity index (χ2v) is 9.56. The fourth-order valence-corrected chi connectivity index (χ4v) is 5.02. The fourth-order valence-electron chi connectivity index (χ4n) is 4.86. The molecular weight excluding hydrogens is 480 g/mol. The van der Waals surface area contributed by atoms with E-state index in [2.05, 4.69) is 10.3 Å². The molecule has 0 amide bonds. The largest absolute Gasteiger partial charge is 0.506 e. The lowest BCUT2D eigenvalue weighted by Crippen LogP contribution is -2.68. The molecule has 2 aromatic carbocycles. The number of aromatic nitrogens is 1. The standard InChI is InChI=1S/C23H21ClF4N2O4/c1-20(2)9-22(34,23(26,27)28)21(33,12-4-5-13(24)19(32)17(12)20)10-29-15-7-6-14(25)18-11(15)3-8-16(31)30-18/h3-8,29,32-34H,9-10H2,1-2H3,(H,30,31). The summed E-state index contributed by atoms with van der Waals surface area (Å²) in [7, 11) is 0. The summed E-state index contributed by atoms with van der Waals surface area (Å²) in [6.07, 6.45) is -6.23. The Balaban J connectivity index is 1.90. The Morgan fingerprint density at radius 2 is 1.79 bits per heavy atom. The van der Waals surface area contributed by atoms with Gasteiger partial charge in [0.2, 0.25) is 5.56 Å². The van der Waals surface area contributed by atoms with Crippen LogP contribution in [0, 0.1) is 5.82 Å². The average Bonchev–Trinajstić information content (AvgIpc) is 2.73. The molecule has 0 radical (unpaired) electrons. The Bertz CT molecular complexity index is 1360. The van der Waals surface area contributed by atoms with Crippen molar-refractivity contribution in [1.82, 2.24) is 4.98 Å². The highest BCUT2D eigenvalue weighted by molar-refractivity contribution is 6.32. The summed E-state index contributed by atoms with van der Waals surface area (Å²) in [4.78, 5) is 13.9. The lowest BCUT2D eigenvalue weighted by molar-refractivity contribution is -0.330. The van der Waals surface area contributed by atoms with Gasteiger partial charge in [-0.05, 0) is 41.7 Å². The third kappa shape index (κ3) is 3.43. The fraction of sp³-hybridized carbons (Fsp3) is 0.348. The molecule has 2 atom stereocenters.